The molecule has 1 aliphatic heterocycles. The maximum absolute atomic E-state index is 12.6. The lowest BCUT2D eigenvalue weighted by Gasteiger charge is -2.08. The first-order chi connectivity index (χ1) is 13.0. The Kier molecular flexibility index (Phi) is 4.57. The molecule has 7 nitrogen and oxygen atoms in total. The molecule has 3 aromatic rings. The van der Waals surface area contributed by atoms with Crippen LogP contribution in [0.5, 0.6) is 11.5 Å². The molecule has 1 aromatic carbocycles. The van der Waals surface area contributed by atoms with Crippen LogP contribution in [0.15, 0.2) is 29.3 Å². The van der Waals surface area contributed by atoms with Gasteiger partial charge in [0.2, 0.25) is 12.7 Å². The number of rotatable bonds is 5. The van der Waals surface area contributed by atoms with E-state index in [2.05, 4.69) is 10.3 Å². The van der Waals surface area contributed by atoms with Crippen molar-refractivity contribution in [1.29, 1.82) is 0 Å². The largest absolute Gasteiger partial charge is 0.454 e. The summed E-state index contributed by atoms with van der Waals surface area (Å²) >= 11 is 1.52. The highest BCUT2D eigenvalue weighted by Crippen LogP contribution is 2.32. The fourth-order valence-corrected chi connectivity index (χ4v) is 3.98. The fraction of sp³-hybridized carbons (Fsp3) is 0.316. The number of aryl methyl sites for hydroxylation is 3. The second-order valence-electron chi connectivity index (χ2n) is 6.42. The molecule has 0 aliphatic carbocycles. The molecule has 3 heterocycles. The highest BCUT2D eigenvalue weighted by molar-refractivity contribution is 7.18. The SMILES string of the molecule is Cc1sc2ncn(CCC(=O)NCc3ccc4c(c3)OCO4)c(=O)c2c1C. The Morgan fingerprint density at radius 2 is 2.11 bits per heavy atom. The van der Waals surface area contributed by atoms with Crippen LogP contribution in [-0.2, 0) is 17.9 Å². The Hall–Kier alpha value is -2.87. The molecule has 0 spiro atoms. The van der Waals surface area contributed by atoms with Crippen molar-refractivity contribution in [1.82, 2.24) is 14.9 Å². The van der Waals surface area contributed by atoms with Gasteiger partial charge < -0.3 is 14.8 Å². The van der Waals surface area contributed by atoms with Crippen LogP contribution in [0.3, 0.4) is 0 Å². The summed E-state index contributed by atoms with van der Waals surface area (Å²) in [5.74, 6) is 1.28. The van der Waals surface area contributed by atoms with Crippen molar-refractivity contribution in [3.63, 3.8) is 0 Å². The molecule has 0 saturated carbocycles. The first kappa shape index (κ1) is 17.5. The van der Waals surface area contributed by atoms with E-state index in [1.54, 1.807) is 0 Å². The quantitative estimate of drug-likeness (QED) is 0.730. The summed E-state index contributed by atoms with van der Waals surface area (Å²) in [6.07, 6.45) is 1.73. The first-order valence-corrected chi connectivity index (χ1v) is 9.45. The minimum atomic E-state index is -0.127. The van der Waals surface area contributed by atoms with E-state index in [0.29, 0.717) is 30.0 Å². The number of hydrogen-bond acceptors (Lipinski definition) is 6. The zero-order valence-electron chi connectivity index (χ0n) is 15.1. The van der Waals surface area contributed by atoms with Crippen molar-refractivity contribution in [3.05, 3.63) is 50.9 Å². The van der Waals surface area contributed by atoms with E-state index >= 15 is 0 Å². The number of ether oxygens (including phenoxy) is 2. The third kappa shape index (κ3) is 3.40. The van der Waals surface area contributed by atoms with Gasteiger partial charge in [0.1, 0.15) is 4.83 Å². The Morgan fingerprint density at radius 3 is 2.96 bits per heavy atom. The Bertz CT molecular complexity index is 1090. The standard InChI is InChI=1S/C19H19N3O4S/c1-11-12(2)27-18-17(11)19(24)22(9-21-18)6-5-16(23)20-8-13-3-4-14-15(7-13)26-10-25-14/h3-4,7,9H,5-6,8,10H2,1-2H3,(H,20,23). The van der Waals surface area contributed by atoms with E-state index in [9.17, 15) is 9.59 Å². The number of hydrogen-bond donors (Lipinski definition) is 1. The lowest BCUT2D eigenvalue weighted by molar-refractivity contribution is -0.121. The summed E-state index contributed by atoms with van der Waals surface area (Å²) in [6.45, 7) is 4.82. The lowest BCUT2D eigenvalue weighted by Crippen LogP contribution is -2.27. The summed E-state index contributed by atoms with van der Waals surface area (Å²) in [5, 5.41) is 3.52. The normalized spacial score (nSPS) is 12.5. The highest BCUT2D eigenvalue weighted by atomic mass is 32.1. The molecule has 1 N–H and O–H groups in total. The zero-order chi connectivity index (χ0) is 19.0. The van der Waals surface area contributed by atoms with Gasteiger partial charge in [0, 0.05) is 24.4 Å². The number of fused-ring (bicyclic) bond motifs is 2. The van der Waals surface area contributed by atoms with E-state index in [1.807, 2.05) is 32.0 Å². The number of carbonyl (C=O) groups is 1. The van der Waals surface area contributed by atoms with Gasteiger partial charge in [-0.2, -0.15) is 0 Å². The molecule has 0 bridgehead atoms. The maximum Gasteiger partial charge on any atom is 0.262 e. The van der Waals surface area contributed by atoms with Crippen LogP contribution in [0.1, 0.15) is 22.4 Å². The minimum Gasteiger partial charge on any atom is -0.454 e. The topological polar surface area (TPSA) is 82.5 Å². The van der Waals surface area contributed by atoms with Crippen LogP contribution < -0.4 is 20.3 Å². The van der Waals surface area contributed by atoms with Gasteiger partial charge in [0.25, 0.3) is 5.56 Å². The van der Waals surface area contributed by atoms with Gasteiger partial charge >= 0.3 is 0 Å². The second kappa shape index (κ2) is 7.03. The molecular weight excluding hydrogens is 366 g/mol. The van der Waals surface area contributed by atoms with Crippen LogP contribution in [0, 0.1) is 13.8 Å². The molecule has 140 valence electrons. The summed E-state index contributed by atoms with van der Waals surface area (Å²) in [6, 6.07) is 5.57. The maximum atomic E-state index is 12.6. The van der Waals surface area contributed by atoms with Crippen LogP contribution >= 0.6 is 11.3 Å². The molecule has 4 rings (SSSR count). The molecule has 8 heteroatoms. The Balaban J connectivity index is 1.38. The molecule has 0 radical (unpaired) electrons. The van der Waals surface area contributed by atoms with E-state index in [0.717, 1.165) is 20.8 Å². The van der Waals surface area contributed by atoms with Crippen LogP contribution in [0.2, 0.25) is 0 Å². The molecule has 0 atom stereocenters. The number of carbonyl (C=O) groups excluding carboxylic acids is 1. The lowest BCUT2D eigenvalue weighted by atomic mass is 10.2. The van der Waals surface area contributed by atoms with E-state index in [1.165, 1.54) is 22.2 Å². The first-order valence-electron chi connectivity index (χ1n) is 8.63. The number of aromatic nitrogens is 2. The predicted octanol–water partition coefficient (Wildman–Crippen LogP) is 2.51. The van der Waals surface area contributed by atoms with Gasteiger partial charge in [0.05, 0.1) is 11.7 Å². The summed E-state index contributed by atoms with van der Waals surface area (Å²) in [5.41, 5.74) is 1.80. The van der Waals surface area contributed by atoms with Crippen molar-refractivity contribution in [2.75, 3.05) is 6.79 Å². The average Bonchev–Trinajstić information content (AvgIpc) is 3.24. The smallest absolute Gasteiger partial charge is 0.262 e. The molecular formula is C19H19N3O4S. The van der Waals surface area contributed by atoms with Crippen LogP contribution in [0.25, 0.3) is 10.2 Å². The van der Waals surface area contributed by atoms with Crippen LogP contribution in [-0.4, -0.2) is 22.3 Å². The average molecular weight is 385 g/mol. The van der Waals surface area contributed by atoms with Crippen molar-refractivity contribution >= 4 is 27.5 Å². The summed E-state index contributed by atoms with van der Waals surface area (Å²) < 4.78 is 12.1. The third-order valence-electron chi connectivity index (χ3n) is 4.66. The van der Waals surface area contributed by atoms with Gasteiger partial charge in [-0.15, -0.1) is 11.3 Å². The molecule has 0 unspecified atom stereocenters. The van der Waals surface area contributed by atoms with Crippen molar-refractivity contribution in [2.24, 2.45) is 0 Å². The molecule has 0 saturated heterocycles. The molecule has 0 fully saturated rings. The van der Waals surface area contributed by atoms with Crippen molar-refractivity contribution in [2.45, 2.75) is 33.4 Å². The minimum absolute atomic E-state index is 0.0922. The number of nitrogens with one attached hydrogen (secondary N) is 1. The summed E-state index contributed by atoms with van der Waals surface area (Å²) in [7, 11) is 0. The third-order valence-corrected chi connectivity index (χ3v) is 5.78. The van der Waals surface area contributed by atoms with Gasteiger partial charge in [-0.1, -0.05) is 6.07 Å². The number of thiophene rings is 1. The molecule has 2 aromatic heterocycles. The van der Waals surface area contributed by atoms with Gasteiger partial charge in [-0.05, 0) is 37.1 Å². The molecule has 27 heavy (non-hydrogen) atoms. The monoisotopic (exact) mass is 385 g/mol. The van der Waals surface area contributed by atoms with Gasteiger partial charge in [0.15, 0.2) is 11.5 Å². The van der Waals surface area contributed by atoms with Crippen LogP contribution in [0.4, 0.5) is 0 Å². The van der Waals surface area contributed by atoms with Gasteiger partial charge in [-0.3, -0.25) is 14.2 Å². The van der Waals surface area contributed by atoms with E-state index in [4.69, 9.17) is 9.47 Å². The molecule has 1 amide bonds. The summed E-state index contributed by atoms with van der Waals surface area (Å²) in [4.78, 5) is 31.0. The van der Waals surface area contributed by atoms with Gasteiger partial charge in [-0.25, -0.2) is 4.98 Å². The number of nitrogens with zero attached hydrogens (tertiary/aromatic N) is 2. The zero-order valence-corrected chi connectivity index (χ0v) is 15.9. The predicted molar refractivity (Wildman–Crippen MR) is 102 cm³/mol. The van der Waals surface area contributed by atoms with E-state index < -0.39 is 0 Å². The Labute approximate surface area is 159 Å². The van der Waals surface area contributed by atoms with Crippen molar-refractivity contribution < 1.29 is 14.3 Å². The van der Waals surface area contributed by atoms with E-state index in [-0.39, 0.29) is 24.7 Å². The molecule has 1 aliphatic rings. The Morgan fingerprint density at radius 1 is 1.30 bits per heavy atom. The fourth-order valence-electron chi connectivity index (χ4n) is 2.99. The van der Waals surface area contributed by atoms with Crippen molar-refractivity contribution in [3.8, 4) is 11.5 Å². The number of benzene rings is 1. The second-order valence-corrected chi connectivity index (χ2v) is 7.62. The highest BCUT2D eigenvalue weighted by Gasteiger charge is 2.14. The number of amides is 1.